The van der Waals surface area contributed by atoms with Crippen LogP contribution in [0, 0.1) is 0 Å². The Hall–Kier alpha value is 0.806. The monoisotopic (exact) mass is 362 g/mol. The van der Waals surface area contributed by atoms with Crippen LogP contribution < -0.4 is 9.47 Å². The predicted octanol–water partition coefficient (Wildman–Crippen LogP) is 1.31. The fraction of sp³-hybridized carbons (Fsp3) is 0.667. The van der Waals surface area contributed by atoms with E-state index in [9.17, 15) is 8.42 Å². The second-order valence-electron chi connectivity index (χ2n) is 4.69. The molecule has 6 nitrogen and oxygen atoms in total. The van der Waals surface area contributed by atoms with Crippen LogP contribution in [0.2, 0.25) is 0 Å². The van der Waals surface area contributed by atoms with Crippen LogP contribution in [-0.4, -0.2) is 95.5 Å². The van der Waals surface area contributed by atoms with Crippen molar-refractivity contribution >= 4 is 72.8 Å². The minimum atomic E-state index is -3.94. The number of rotatable bonds is 7. The molecule has 0 spiro atoms. The molecular weight excluding hydrogens is 343 g/mol. The molecule has 1 N–H and O–H groups in total. The molecule has 2 atom stereocenters. The van der Waals surface area contributed by atoms with Gasteiger partial charge in [0.2, 0.25) is 0 Å². The zero-order valence-electron chi connectivity index (χ0n) is 11.1. The van der Waals surface area contributed by atoms with Crippen LogP contribution in [-0.2, 0) is 14.9 Å². The third kappa shape index (κ3) is 6.44. The van der Waals surface area contributed by atoms with Crippen LogP contribution in [0.25, 0.3) is 0 Å². The van der Waals surface area contributed by atoms with Crippen molar-refractivity contribution in [3.05, 3.63) is 10.8 Å². The Balaban J connectivity index is 0.00000220. The Bertz CT molecular complexity index is 530. The summed E-state index contributed by atoms with van der Waals surface area (Å²) in [5.74, 6) is 1.52. The average Bonchev–Trinajstić information content (AvgIpc) is 2.84. The molecular formula is C12H19KO6S2. The molecule has 2 heterocycles. The molecule has 0 fully saturated rings. The number of hydrogen-bond acceptors (Lipinski definition) is 6. The standard InChI is InChI=1S/C12H18O6S2.K.H/c1-9(20(13,14)15)3-2-4-16-5-10-6-17-11-7-19-8-12(11)18-10;;/h7-10H,2-6H2,1H3,(H,13,14,15);;. The third-order valence-electron chi connectivity index (χ3n) is 3.02. The van der Waals surface area contributed by atoms with Gasteiger partial charge in [-0.1, -0.05) is 0 Å². The molecule has 116 valence electrons. The Morgan fingerprint density at radius 1 is 1.48 bits per heavy atom. The van der Waals surface area contributed by atoms with E-state index in [4.69, 9.17) is 18.8 Å². The molecule has 1 aromatic heterocycles. The van der Waals surface area contributed by atoms with Crippen molar-refractivity contribution in [1.29, 1.82) is 0 Å². The van der Waals surface area contributed by atoms with Crippen LogP contribution in [0.3, 0.4) is 0 Å². The molecule has 0 aliphatic carbocycles. The van der Waals surface area contributed by atoms with Crippen molar-refractivity contribution in [2.45, 2.75) is 31.1 Å². The van der Waals surface area contributed by atoms with Gasteiger partial charge in [0.1, 0.15) is 6.61 Å². The quantitative estimate of drug-likeness (QED) is 0.447. The molecule has 0 saturated carbocycles. The molecule has 0 bridgehead atoms. The van der Waals surface area contributed by atoms with Gasteiger partial charge >= 0.3 is 51.4 Å². The number of thiophene rings is 1. The summed E-state index contributed by atoms with van der Waals surface area (Å²) in [6, 6.07) is 0. The van der Waals surface area contributed by atoms with E-state index in [1.54, 1.807) is 0 Å². The Labute approximate surface area is 171 Å². The minimum absolute atomic E-state index is 0. The van der Waals surface area contributed by atoms with Gasteiger partial charge in [-0.2, -0.15) is 8.42 Å². The third-order valence-corrected chi connectivity index (χ3v) is 4.98. The number of hydrogen-bond donors (Lipinski definition) is 1. The van der Waals surface area contributed by atoms with E-state index < -0.39 is 15.4 Å². The first kappa shape index (κ1) is 19.9. The van der Waals surface area contributed by atoms with Crippen molar-refractivity contribution in [2.75, 3.05) is 19.8 Å². The zero-order valence-corrected chi connectivity index (χ0v) is 12.8. The molecule has 1 aromatic rings. The summed E-state index contributed by atoms with van der Waals surface area (Å²) in [5.41, 5.74) is 0. The van der Waals surface area contributed by atoms with E-state index in [0.717, 1.165) is 11.5 Å². The van der Waals surface area contributed by atoms with Crippen LogP contribution in [0.5, 0.6) is 11.5 Å². The van der Waals surface area contributed by atoms with Crippen LogP contribution in [0.4, 0.5) is 0 Å². The SMILES string of the molecule is CC(CCCOCC1COc2cscc2O1)S(=O)(=O)O.[KH]. The summed E-state index contributed by atoms with van der Waals surface area (Å²) in [4.78, 5) is 0. The van der Waals surface area contributed by atoms with E-state index in [2.05, 4.69) is 0 Å². The second-order valence-corrected chi connectivity index (χ2v) is 7.27. The van der Waals surface area contributed by atoms with Crippen molar-refractivity contribution in [1.82, 2.24) is 0 Å². The summed E-state index contributed by atoms with van der Waals surface area (Å²) in [6.07, 6.45) is 0.796. The summed E-state index contributed by atoms with van der Waals surface area (Å²) in [5, 5.41) is 3.02. The van der Waals surface area contributed by atoms with Gasteiger partial charge in [0.05, 0.1) is 11.9 Å². The first-order chi connectivity index (χ1) is 9.47. The molecule has 2 rings (SSSR count). The first-order valence-corrected chi connectivity index (χ1v) is 8.81. The van der Waals surface area contributed by atoms with E-state index in [0.29, 0.717) is 32.7 Å². The van der Waals surface area contributed by atoms with Crippen LogP contribution in [0.15, 0.2) is 10.8 Å². The molecule has 2 unspecified atom stereocenters. The molecule has 1 aliphatic rings. The van der Waals surface area contributed by atoms with Gasteiger partial charge in [-0.15, -0.1) is 11.3 Å². The Morgan fingerprint density at radius 2 is 2.19 bits per heavy atom. The summed E-state index contributed by atoms with van der Waals surface area (Å²) in [7, 11) is -3.94. The van der Waals surface area contributed by atoms with Gasteiger partial charge in [-0.3, -0.25) is 4.55 Å². The molecule has 1 aliphatic heterocycles. The molecule has 0 amide bonds. The average molecular weight is 363 g/mol. The molecule has 21 heavy (non-hydrogen) atoms. The van der Waals surface area contributed by atoms with Gasteiger partial charge in [0.15, 0.2) is 17.6 Å². The normalized spacial score (nSPS) is 18.9. The van der Waals surface area contributed by atoms with Crippen LogP contribution in [0.1, 0.15) is 19.8 Å². The van der Waals surface area contributed by atoms with E-state index in [1.807, 2.05) is 10.8 Å². The van der Waals surface area contributed by atoms with Crippen molar-refractivity contribution < 1.29 is 27.2 Å². The Kier molecular flexibility index (Phi) is 8.69. The van der Waals surface area contributed by atoms with E-state index >= 15 is 0 Å². The van der Waals surface area contributed by atoms with Gasteiger partial charge in [0, 0.05) is 17.4 Å². The molecule has 0 saturated heterocycles. The molecule has 9 heteroatoms. The van der Waals surface area contributed by atoms with Crippen molar-refractivity contribution in [3.63, 3.8) is 0 Å². The maximum absolute atomic E-state index is 10.8. The first-order valence-electron chi connectivity index (χ1n) is 6.36. The summed E-state index contributed by atoms with van der Waals surface area (Å²) < 4.78 is 47.1. The fourth-order valence-electron chi connectivity index (χ4n) is 1.78. The fourth-order valence-corrected chi connectivity index (χ4v) is 2.92. The second kappa shape index (κ2) is 9.19. The van der Waals surface area contributed by atoms with E-state index in [1.165, 1.54) is 18.3 Å². The van der Waals surface area contributed by atoms with E-state index in [-0.39, 0.29) is 57.5 Å². The van der Waals surface area contributed by atoms with Gasteiger partial charge < -0.3 is 14.2 Å². The molecule has 0 aromatic carbocycles. The van der Waals surface area contributed by atoms with Gasteiger partial charge in [-0.05, 0) is 19.8 Å². The summed E-state index contributed by atoms with van der Waals surface area (Å²) >= 11 is 1.52. The van der Waals surface area contributed by atoms with Crippen molar-refractivity contribution in [2.24, 2.45) is 0 Å². The van der Waals surface area contributed by atoms with Crippen LogP contribution >= 0.6 is 11.3 Å². The predicted molar refractivity (Wildman–Crippen MR) is 82.4 cm³/mol. The van der Waals surface area contributed by atoms with Crippen molar-refractivity contribution in [3.8, 4) is 11.5 Å². The van der Waals surface area contributed by atoms with Gasteiger partial charge in [0.25, 0.3) is 10.1 Å². The summed E-state index contributed by atoms with van der Waals surface area (Å²) in [6.45, 7) is 2.75. The number of ether oxygens (including phenoxy) is 3. The Morgan fingerprint density at radius 3 is 2.90 bits per heavy atom. The number of fused-ring (bicyclic) bond motifs is 1. The zero-order chi connectivity index (χ0) is 14.6. The van der Waals surface area contributed by atoms with Gasteiger partial charge in [-0.25, -0.2) is 0 Å². The molecule has 0 radical (unpaired) electrons. The topological polar surface area (TPSA) is 82.1 Å². The maximum atomic E-state index is 10.8.